The van der Waals surface area contributed by atoms with Crippen molar-refractivity contribution in [3.05, 3.63) is 0 Å². The summed E-state index contributed by atoms with van der Waals surface area (Å²) in [6.45, 7) is 3.17. The fourth-order valence-corrected chi connectivity index (χ4v) is 1.56. The summed E-state index contributed by atoms with van der Waals surface area (Å²) in [7, 11) is -3.81. The average Bonchev–Trinajstić information content (AvgIpc) is 2.02. The molecule has 0 aromatic carbocycles. The number of nitrogens with zero attached hydrogens (tertiary/aromatic N) is 1. The quantitative estimate of drug-likeness (QED) is 0.477. The minimum absolute atomic E-state index is 0. The van der Waals surface area contributed by atoms with Crippen molar-refractivity contribution in [1.29, 1.82) is 0 Å². The summed E-state index contributed by atoms with van der Waals surface area (Å²) in [4.78, 5) is 1.96. The van der Waals surface area contributed by atoms with E-state index in [1.54, 1.807) is 0 Å². The summed E-state index contributed by atoms with van der Waals surface area (Å²) in [6.07, 6.45) is 0. The molecule has 13 heavy (non-hydrogen) atoms. The van der Waals surface area contributed by atoms with Crippen LogP contribution in [0.15, 0.2) is 0 Å². The minimum atomic E-state index is -3.81. The first-order valence-corrected chi connectivity index (χ1v) is 5.44. The Kier molecular flexibility index (Phi) is 6.74. The number of ether oxygens (including phenoxy) is 1. The molecular weight excluding hydrogens is 205 g/mol. The van der Waals surface area contributed by atoms with E-state index in [1.807, 2.05) is 4.90 Å². The number of morpholine rings is 1. The Morgan fingerprint density at radius 2 is 1.85 bits per heavy atom. The molecule has 0 spiro atoms. The molecular formula is C6H13NNaO4S. The Bertz CT molecular complexity index is 225. The van der Waals surface area contributed by atoms with E-state index in [0.717, 1.165) is 13.1 Å². The van der Waals surface area contributed by atoms with Gasteiger partial charge >= 0.3 is 0 Å². The Balaban J connectivity index is 0.00000144. The fraction of sp³-hybridized carbons (Fsp3) is 1.00. The number of hydrogen-bond acceptors (Lipinski definition) is 4. The second kappa shape index (κ2) is 6.34. The summed E-state index contributed by atoms with van der Waals surface area (Å²) in [5, 5.41) is 0. The van der Waals surface area contributed by atoms with Crippen LogP contribution in [0.25, 0.3) is 0 Å². The molecule has 1 fully saturated rings. The Labute approximate surface area is 100 Å². The maximum absolute atomic E-state index is 10.4. The van der Waals surface area contributed by atoms with Crippen molar-refractivity contribution in [1.82, 2.24) is 4.90 Å². The first-order valence-electron chi connectivity index (χ1n) is 3.83. The van der Waals surface area contributed by atoms with Crippen LogP contribution in [0.4, 0.5) is 0 Å². The van der Waals surface area contributed by atoms with Crippen LogP contribution in [0.5, 0.6) is 0 Å². The summed E-state index contributed by atoms with van der Waals surface area (Å²) >= 11 is 0. The molecule has 0 unspecified atom stereocenters. The largest absolute Gasteiger partial charge is 0.379 e. The Morgan fingerprint density at radius 1 is 1.31 bits per heavy atom. The van der Waals surface area contributed by atoms with Gasteiger partial charge in [-0.1, -0.05) is 0 Å². The molecule has 1 aliphatic heterocycles. The Hall–Kier alpha value is 0.830. The van der Waals surface area contributed by atoms with Crippen molar-refractivity contribution in [2.45, 2.75) is 0 Å². The zero-order chi connectivity index (χ0) is 9.03. The van der Waals surface area contributed by atoms with Gasteiger partial charge in [-0.25, -0.2) is 0 Å². The molecule has 1 aliphatic rings. The van der Waals surface area contributed by atoms with E-state index in [-0.39, 0.29) is 35.3 Å². The van der Waals surface area contributed by atoms with E-state index >= 15 is 0 Å². The van der Waals surface area contributed by atoms with Crippen molar-refractivity contribution < 1.29 is 17.7 Å². The van der Waals surface area contributed by atoms with Crippen LogP contribution in [0.2, 0.25) is 0 Å². The van der Waals surface area contributed by atoms with E-state index in [1.165, 1.54) is 0 Å². The van der Waals surface area contributed by atoms with Crippen LogP contribution in [0.3, 0.4) is 0 Å². The molecule has 0 amide bonds. The predicted molar refractivity (Wildman–Crippen MR) is 49.4 cm³/mol. The van der Waals surface area contributed by atoms with Gasteiger partial charge in [0.15, 0.2) is 0 Å². The molecule has 0 aliphatic carbocycles. The van der Waals surface area contributed by atoms with Gasteiger partial charge in [0.1, 0.15) is 0 Å². The normalized spacial score (nSPS) is 19.5. The summed E-state index contributed by atoms with van der Waals surface area (Å²) in [5.74, 6) is -0.188. The zero-order valence-electron chi connectivity index (χ0n) is 7.77. The molecule has 1 saturated heterocycles. The molecule has 1 radical (unpaired) electrons. The molecule has 1 rings (SSSR count). The van der Waals surface area contributed by atoms with Gasteiger partial charge in [-0.15, -0.1) is 0 Å². The molecule has 0 saturated carbocycles. The third-order valence-corrected chi connectivity index (χ3v) is 2.47. The number of rotatable bonds is 3. The fourth-order valence-electron chi connectivity index (χ4n) is 1.07. The van der Waals surface area contributed by atoms with E-state index in [0.29, 0.717) is 19.8 Å². The van der Waals surface area contributed by atoms with Gasteiger partial charge in [0.25, 0.3) is 10.1 Å². The smallest absolute Gasteiger partial charge is 0.266 e. The molecule has 73 valence electrons. The van der Waals surface area contributed by atoms with Gasteiger partial charge in [0, 0.05) is 49.2 Å². The third-order valence-electron chi connectivity index (χ3n) is 1.77. The van der Waals surface area contributed by atoms with Gasteiger partial charge < -0.3 is 4.74 Å². The van der Waals surface area contributed by atoms with Crippen LogP contribution < -0.4 is 0 Å². The molecule has 1 heterocycles. The standard InChI is InChI=1S/C6H13NO4S.Na/c8-12(9,10)6-3-7-1-4-11-5-2-7;/h1-6H2,(H,8,9,10);. The molecule has 0 atom stereocenters. The van der Waals surface area contributed by atoms with Crippen molar-refractivity contribution in [3.63, 3.8) is 0 Å². The zero-order valence-corrected chi connectivity index (χ0v) is 10.6. The first kappa shape index (κ1) is 13.8. The first-order chi connectivity index (χ1) is 5.58. The van der Waals surface area contributed by atoms with E-state index in [4.69, 9.17) is 9.29 Å². The van der Waals surface area contributed by atoms with Crippen LogP contribution >= 0.6 is 0 Å². The molecule has 7 heteroatoms. The topological polar surface area (TPSA) is 66.8 Å². The van der Waals surface area contributed by atoms with Crippen molar-refractivity contribution in [3.8, 4) is 0 Å². The third kappa shape index (κ3) is 6.84. The maximum Gasteiger partial charge on any atom is 0.266 e. The van der Waals surface area contributed by atoms with Gasteiger partial charge in [-0.2, -0.15) is 8.42 Å². The summed E-state index contributed by atoms with van der Waals surface area (Å²) in [6, 6.07) is 0. The van der Waals surface area contributed by atoms with Crippen LogP contribution in [-0.4, -0.2) is 86.0 Å². The van der Waals surface area contributed by atoms with E-state index in [9.17, 15) is 8.42 Å². The summed E-state index contributed by atoms with van der Waals surface area (Å²) < 4.78 is 34.3. The molecule has 0 aromatic rings. The van der Waals surface area contributed by atoms with Crippen LogP contribution in [-0.2, 0) is 14.9 Å². The van der Waals surface area contributed by atoms with Gasteiger partial charge in [-0.05, 0) is 0 Å². The van der Waals surface area contributed by atoms with Crippen LogP contribution in [0, 0.1) is 0 Å². The van der Waals surface area contributed by atoms with E-state index in [2.05, 4.69) is 0 Å². The predicted octanol–water partition coefficient (Wildman–Crippen LogP) is -1.17. The molecule has 5 nitrogen and oxygen atoms in total. The Morgan fingerprint density at radius 3 is 2.31 bits per heavy atom. The molecule has 1 N–H and O–H groups in total. The van der Waals surface area contributed by atoms with E-state index < -0.39 is 10.1 Å². The minimum Gasteiger partial charge on any atom is -0.379 e. The van der Waals surface area contributed by atoms with Crippen molar-refractivity contribution >= 4 is 39.7 Å². The van der Waals surface area contributed by atoms with Crippen molar-refractivity contribution in [2.75, 3.05) is 38.6 Å². The average molecular weight is 218 g/mol. The molecule has 0 bridgehead atoms. The van der Waals surface area contributed by atoms with Crippen molar-refractivity contribution in [2.24, 2.45) is 0 Å². The van der Waals surface area contributed by atoms with Gasteiger partial charge in [-0.3, -0.25) is 9.45 Å². The van der Waals surface area contributed by atoms with Gasteiger partial charge in [0.05, 0.1) is 19.0 Å². The SMILES string of the molecule is O=S(=O)(O)CCN1CCOCC1.[Na]. The number of hydrogen-bond donors (Lipinski definition) is 1. The maximum atomic E-state index is 10.4. The molecule has 0 aromatic heterocycles. The van der Waals surface area contributed by atoms with Gasteiger partial charge in [0.2, 0.25) is 0 Å². The summed E-state index contributed by atoms with van der Waals surface area (Å²) in [5.41, 5.74) is 0. The second-order valence-electron chi connectivity index (χ2n) is 2.74. The second-order valence-corrected chi connectivity index (χ2v) is 4.31. The van der Waals surface area contributed by atoms with Crippen LogP contribution in [0.1, 0.15) is 0 Å². The monoisotopic (exact) mass is 218 g/mol.